The van der Waals surface area contributed by atoms with E-state index >= 15 is 0 Å². The molecule has 0 aliphatic heterocycles. The second-order valence-corrected chi connectivity index (χ2v) is 3.33. The SMILES string of the molecule is C=CCOC(=O)NC(Cc1ccncn1)C(=O)O. The summed E-state index contributed by atoms with van der Waals surface area (Å²) in [4.78, 5) is 29.8. The molecule has 2 N–H and O–H groups in total. The first-order valence-electron chi connectivity index (χ1n) is 5.15. The number of nitrogens with one attached hydrogen (secondary N) is 1. The van der Waals surface area contributed by atoms with Crippen molar-refractivity contribution in [2.75, 3.05) is 6.61 Å². The van der Waals surface area contributed by atoms with E-state index in [0.717, 1.165) is 0 Å². The number of rotatable bonds is 6. The molecule has 0 saturated heterocycles. The summed E-state index contributed by atoms with van der Waals surface area (Å²) < 4.78 is 4.65. The number of carbonyl (C=O) groups excluding carboxylic acids is 1. The summed E-state index contributed by atoms with van der Waals surface area (Å²) in [5.74, 6) is -1.16. The minimum Gasteiger partial charge on any atom is -0.480 e. The summed E-state index contributed by atoms with van der Waals surface area (Å²) in [7, 11) is 0. The van der Waals surface area contributed by atoms with Crippen molar-refractivity contribution >= 4 is 12.1 Å². The fourth-order valence-electron chi connectivity index (χ4n) is 1.17. The van der Waals surface area contributed by atoms with Gasteiger partial charge in [0, 0.05) is 18.3 Å². The molecule has 1 atom stereocenters. The lowest BCUT2D eigenvalue weighted by Gasteiger charge is -2.13. The van der Waals surface area contributed by atoms with Gasteiger partial charge in [0.15, 0.2) is 0 Å². The Labute approximate surface area is 104 Å². The van der Waals surface area contributed by atoms with Crippen LogP contribution in [0.25, 0.3) is 0 Å². The predicted molar refractivity (Wildman–Crippen MR) is 61.8 cm³/mol. The number of aromatic nitrogens is 2. The van der Waals surface area contributed by atoms with E-state index in [1.165, 1.54) is 18.6 Å². The Morgan fingerprint density at radius 1 is 1.61 bits per heavy atom. The first kappa shape index (κ1) is 13.6. The van der Waals surface area contributed by atoms with E-state index in [0.29, 0.717) is 5.69 Å². The summed E-state index contributed by atoms with van der Waals surface area (Å²) in [6.07, 6.45) is 3.44. The van der Waals surface area contributed by atoms with Crippen molar-refractivity contribution in [3.8, 4) is 0 Å². The van der Waals surface area contributed by atoms with Crippen molar-refractivity contribution in [2.45, 2.75) is 12.5 Å². The Bertz CT molecular complexity index is 422. The van der Waals surface area contributed by atoms with Gasteiger partial charge < -0.3 is 15.2 Å². The zero-order valence-electron chi connectivity index (χ0n) is 9.57. The van der Waals surface area contributed by atoms with E-state index in [1.807, 2.05) is 0 Å². The number of hydrogen-bond acceptors (Lipinski definition) is 5. The Hall–Kier alpha value is -2.44. The van der Waals surface area contributed by atoms with E-state index in [9.17, 15) is 9.59 Å². The van der Waals surface area contributed by atoms with Crippen molar-refractivity contribution in [3.63, 3.8) is 0 Å². The molecule has 0 aliphatic carbocycles. The van der Waals surface area contributed by atoms with Crippen molar-refractivity contribution in [1.29, 1.82) is 0 Å². The number of hydrogen-bond donors (Lipinski definition) is 2. The zero-order chi connectivity index (χ0) is 13.4. The van der Waals surface area contributed by atoms with Crippen LogP contribution in [0.2, 0.25) is 0 Å². The average Bonchev–Trinajstić information content (AvgIpc) is 2.36. The first-order valence-corrected chi connectivity index (χ1v) is 5.15. The van der Waals surface area contributed by atoms with Crippen molar-refractivity contribution in [2.24, 2.45) is 0 Å². The van der Waals surface area contributed by atoms with Gasteiger partial charge in [0.1, 0.15) is 19.0 Å². The summed E-state index contributed by atoms with van der Waals surface area (Å²) in [5.41, 5.74) is 0.515. The van der Waals surface area contributed by atoms with Gasteiger partial charge in [0.05, 0.1) is 0 Å². The number of carbonyl (C=O) groups is 2. The van der Waals surface area contributed by atoms with Gasteiger partial charge in [-0.05, 0) is 6.07 Å². The highest BCUT2D eigenvalue weighted by atomic mass is 16.5. The topological polar surface area (TPSA) is 101 Å². The molecule has 1 amide bonds. The van der Waals surface area contributed by atoms with E-state index in [-0.39, 0.29) is 13.0 Å². The molecule has 0 aliphatic rings. The van der Waals surface area contributed by atoms with Crippen LogP contribution in [0.5, 0.6) is 0 Å². The highest BCUT2D eigenvalue weighted by molar-refractivity contribution is 5.80. The molecule has 1 aromatic heterocycles. The summed E-state index contributed by atoms with van der Waals surface area (Å²) in [6, 6.07) is 0.476. The quantitative estimate of drug-likeness (QED) is 0.709. The average molecular weight is 251 g/mol. The maximum Gasteiger partial charge on any atom is 0.408 e. The maximum absolute atomic E-state index is 11.2. The molecule has 0 saturated carbocycles. The lowest BCUT2D eigenvalue weighted by atomic mass is 10.1. The number of alkyl carbamates (subject to hydrolysis) is 1. The fourth-order valence-corrected chi connectivity index (χ4v) is 1.17. The number of carboxylic acids is 1. The van der Waals surface area contributed by atoms with E-state index in [2.05, 4.69) is 26.6 Å². The van der Waals surface area contributed by atoms with E-state index in [1.54, 1.807) is 6.07 Å². The van der Waals surface area contributed by atoms with Gasteiger partial charge in [-0.15, -0.1) is 0 Å². The highest BCUT2D eigenvalue weighted by Gasteiger charge is 2.21. The molecular weight excluding hydrogens is 238 g/mol. The molecule has 1 unspecified atom stereocenters. The lowest BCUT2D eigenvalue weighted by Crippen LogP contribution is -2.42. The number of nitrogens with zero attached hydrogens (tertiary/aromatic N) is 2. The van der Waals surface area contributed by atoms with E-state index < -0.39 is 18.1 Å². The predicted octanol–water partition coefficient (Wildman–Crippen LogP) is 0.384. The monoisotopic (exact) mass is 251 g/mol. The number of aliphatic carboxylic acids is 1. The normalized spacial score (nSPS) is 11.3. The molecule has 0 radical (unpaired) electrons. The lowest BCUT2D eigenvalue weighted by molar-refractivity contribution is -0.139. The van der Waals surface area contributed by atoms with Crippen LogP contribution < -0.4 is 5.32 Å². The van der Waals surface area contributed by atoms with Crippen LogP contribution in [0.4, 0.5) is 4.79 Å². The molecule has 0 bridgehead atoms. The molecule has 0 fully saturated rings. The zero-order valence-corrected chi connectivity index (χ0v) is 9.57. The molecular formula is C11H13N3O4. The third-order valence-electron chi connectivity index (χ3n) is 1.98. The molecule has 7 nitrogen and oxygen atoms in total. The van der Waals surface area contributed by atoms with Gasteiger partial charge in [-0.3, -0.25) is 0 Å². The van der Waals surface area contributed by atoms with E-state index in [4.69, 9.17) is 5.11 Å². The summed E-state index contributed by atoms with van der Waals surface area (Å²) in [6.45, 7) is 3.40. The maximum atomic E-state index is 11.2. The molecule has 1 aromatic rings. The van der Waals surface area contributed by atoms with Crippen LogP contribution in [0, 0.1) is 0 Å². The minimum atomic E-state index is -1.16. The third-order valence-corrected chi connectivity index (χ3v) is 1.98. The van der Waals surface area contributed by atoms with Crippen molar-refractivity contribution in [1.82, 2.24) is 15.3 Å². The van der Waals surface area contributed by atoms with Crippen LogP contribution in [-0.2, 0) is 16.0 Å². The van der Waals surface area contributed by atoms with Crippen LogP contribution in [0.1, 0.15) is 5.69 Å². The van der Waals surface area contributed by atoms with Crippen LogP contribution in [0.3, 0.4) is 0 Å². The second-order valence-electron chi connectivity index (χ2n) is 3.33. The number of amides is 1. The fraction of sp³-hybridized carbons (Fsp3) is 0.273. The molecule has 0 aromatic carbocycles. The van der Waals surface area contributed by atoms with Crippen LogP contribution in [0.15, 0.2) is 31.2 Å². The number of ether oxygens (including phenoxy) is 1. The first-order chi connectivity index (χ1) is 8.63. The Morgan fingerprint density at radius 3 is 2.94 bits per heavy atom. The summed E-state index contributed by atoms with van der Waals surface area (Å²) in [5, 5.41) is 11.2. The van der Waals surface area contributed by atoms with Gasteiger partial charge >= 0.3 is 12.1 Å². The Kier molecular flexibility index (Phi) is 5.30. The molecule has 1 heterocycles. The van der Waals surface area contributed by atoms with Gasteiger partial charge in [-0.2, -0.15) is 0 Å². The standard InChI is InChI=1S/C11H13N3O4/c1-2-5-18-11(17)14-9(10(15)16)6-8-3-4-12-7-13-8/h2-4,7,9H,1,5-6H2,(H,14,17)(H,15,16). The van der Waals surface area contributed by atoms with Crippen molar-refractivity contribution in [3.05, 3.63) is 36.9 Å². The molecule has 96 valence electrons. The van der Waals surface area contributed by atoms with Gasteiger partial charge in [0.25, 0.3) is 0 Å². The van der Waals surface area contributed by atoms with Crippen LogP contribution in [-0.4, -0.2) is 39.8 Å². The van der Waals surface area contributed by atoms with Crippen LogP contribution >= 0.6 is 0 Å². The third kappa shape index (κ3) is 4.60. The number of carboxylic acid groups (broad SMARTS) is 1. The Balaban J connectivity index is 2.58. The van der Waals surface area contributed by atoms with Gasteiger partial charge in [-0.25, -0.2) is 19.6 Å². The highest BCUT2D eigenvalue weighted by Crippen LogP contribution is 1.99. The smallest absolute Gasteiger partial charge is 0.408 e. The molecule has 18 heavy (non-hydrogen) atoms. The largest absolute Gasteiger partial charge is 0.480 e. The molecule has 7 heteroatoms. The van der Waals surface area contributed by atoms with Gasteiger partial charge in [0.2, 0.25) is 0 Å². The summed E-state index contributed by atoms with van der Waals surface area (Å²) >= 11 is 0. The second kappa shape index (κ2) is 7.00. The molecule has 0 spiro atoms. The minimum absolute atomic E-state index is 0.0195. The Morgan fingerprint density at radius 2 is 2.39 bits per heavy atom. The van der Waals surface area contributed by atoms with Crippen molar-refractivity contribution < 1.29 is 19.4 Å². The molecule has 1 rings (SSSR count). The van der Waals surface area contributed by atoms with Gasteiger partial charge in [-0.1, -0.05) is 12.7 Å².